The lowest BCUT2D eigenvalue weighted by Crippen LogP contribution is -2.49. The van der Waals surface area contributed by atoms with E-state index >= 15 is 0 Å². The number of nitriles is 1. The molecule has 1 amide bonds. The second-order valence-electron chi connectivity index (χ2n) is 8.40. The van der Waals surface area contributed by atoms with Crippen molar-refractivity contribution >= 4 is 22.5 Å². The average molecular weight is 448 g/mol. The minimum atomic E-state index is -0.382. The van der Waals surface area contributed by atoms with Crippen molar-refractivity contribution in [1.82, 2.24) is 14.4 Å². The zero-order chi connectivity index (χ0) is 23.5. The van der Waals surface area contributed by atoms with E-state index in [2.05, 4.69) is 6.07 Å². The number of halogens is 1. The summed E-state index contributed by atoms with van der Waals surface area (Å²) in [5.41, 5.74) is 1.70. The topological polar surface area (TPSA) is 72.6 Å². The maximum atomic E-state index is 13.3. The highest BCUT2D eigenvalue weighted by Gasteiger charge is 2.27. The number of aromatic nitrogens is 1. The first-order valence-electron chi connectivity index (χ1n) is 10.9. The van der Waals surface area contributed by atoms with Crippen molar-refractivity contribution in [1.29, 1.82) is 5.26 Å². The predicted molar refractivity (Wildman–Crippen MR) is 126 cm³/mol. The number of hydrogen-bond donors (Lipinski definition) is 0. The van der Waals surface area contributed by atoms with Gasteiger partial charge in [-0.15, -0.1) is 0 Å². The molecule has 2 aromatic carbocycles. The number of carbonyl (C=O) groups excluding carboxylic acids is 1. The van der Waals surface area contributed by atoms with E-state index in [4.69, 9.17) is 0 Å². The van der Waals surface area contributed by atoms with Crippen LogP contribution in [0.1, 0.15) is 15.9 Å². The number of carbonyl (C=O) groups is 1. The van der Waals surface area contributed by atoms with E-state index in [-0.39, 0.29) is 22.8 Å². The van der Waals surface area contributed by atoms with Crippen LogP contribution in [0.4, 0.5) is 10.1 Å². The zero-order valence-electron chi connectivity index (χ0n) is 18.8. The third kappa shape index (κ3) is 4.45. The van der Waals surface area contributed by atoms with Gasteiger partial charge in [-0.3, -0.25) is 9.59 Å². The summed E-state index contributed by atoms with van der Waals surface area (Å²) >= 11 is 0. The van der Waals surface area contributed by atoms with Crippen LogP contribution in [-0.2, 0) is 6.54 Å². The number of para-hydroxylation sites is 1. The van der Waals surface area contributed by atoms with Gasteiger partial charge in [0.1, 0.15) is 17.4 Å². The Hall–Kier alpha value is -3.70. The highest BCUT2D eigenvalue weighted by molar-refractivity contribution is 5.96. The summed E-state index contributed by atoms with van der Waals surface area (Å²) in [4.78, 5) is 31.8. The Morgan fingerprint density at radius 2 is 1.73 bits per heavy atom. The molecular formula is C25H26FN5O2. The molecule has 0 unspecified atom stereocenters. The molecule has 0 atom stereocenters. The van der Waals surface area contributed by atoms with Gasteiger partial charge in [0.25, 0.3) is 11.5 Å². The Morgan fingerprint density at radius 3 is 2.36 bits per heavy atom. The van der Waals surface area contributed by atoms with E-state index in [9.17, 15) is 19.2 Å². The van der Waals surface area contributed by atoms with Crippen molar-refractivity contribution < 1.29 is 9.18 Å². The SMILES string of the molecule is CN(C)CCn1c(=O)c(C#N)c(N2CCN(C(=O)c3ccc(F)cc3)CC2)c2ccccc21. The van der Waals surface area contributed by atoms with Crippen LogP contribution in [0.25, 0.3) is 10.9 Å². The Morgan fingerprint density at radius 1 is 1.06 bits per heavy atom. The highest BCUT2D eigenvalue weighted by Crippen LogP contribution is 2.29. The van der Waals surface area contributed by atoms with Crippen molar-refractivity contribution in [3.63, 3.8) is 0 Å². The van der Waals surface area contributed by atoms with Crippen molar-refractivity contribution in [2.45, 2.75) is 6.54 Å². The van der Waals surface area contributed by atoms with Crippen molar-refractivity contribution in [2.75, 3.05) is 51.7 Å². The van der Waals surface area contributed by atoms with Crippen LogP contribution in [0.3, 0.4) is 0 Å². The Bertz CT molecular complexity index is 1270. The summed E-state index contributed by atoms with van der Waals surface area (Å²) in [7, 11) is 3.89. The molecule has 33 heavy (non-hydrogen) atoms. The Labute approximate surface area is 191 Å². The summed E-state index contributed by atoms with van der Waals surface area (Å²) in [6.45, 7) is 3.04. The van der Waals surface area contributed by atoms with Crippen molar-refractivity contribution in [2.24, 2.45) is 0 Å². The molecule has 0 saturated carbocycles. The van der Waals surface area contributed by atoms with Gasteiger partial charge in [0.2, 0.25) is 0 Å². The minimum absolute atomic E-state index is 0.130. The fourth-order valence-electron chi connectivity index (χ4n) is 4.25. The van der Waals surface area contributed by atoms with Crippen LogP contribution >= 0.6 is 0 Å². The van der Waals surface area contributed by atoms with Crippen LogP contribution in [0, 0.1) is 17.1 Å². The largest absolute Gasteiger partial charge is 0.366 e. The van der Waals surface area contributed by atoms with Gasteiger partial charge in [0.15, 0.2) is 0 Å². The molecule has 170 valence electrons. The maximum Gasteiger partial charge on any atom is 0.271 e. The quantitative estimate of drug-likeness (QED) is 0.601. The van der Waals surface area contributed by atoms with Gasteiger partial charge in [-0.1, -0.05) is 18.2 Å². The Balaban J connectivity index is 1.65. The maximum absolute atomic E-state index is 13.3. The number of likely N-dealkylation sites (N-methyl/N-ethyl adjacent to an activating group) is 1. The number of piperazine rings is 1. The monoisotopic (exact) mass is 447 g/mol. The van der Waals surface area contributed by atoms with Gasteiger partial charge in [0, 0.05) is 50.2 Å². The number of rotatable bonds is 5. The zero-order valence-corrected chi connectivity index (χ0v) is 18.8. The molecule has 1 saturated heterocycles. The first-order chi connectivity index (χ1) is 15.9. The lowest BCUT2D eigenvalue weighted by molar-refractivity contribution is 0.0747. The predicted octanol–water partition coefficient (Wildman–Crippen LogP) is 2.54. The molecule has 0 bridgehead atoms. The Kier molecular flexibility index (Phi) is 6.43. The molecule has 0 radical (unpaired) electrons. The number of nitrogens with zero attached hydrogens (tertiary/aromatic N) is 5. The fourth-order valence-corrected chi connectivity index (χ4v) is 4.25. The van der Waals surface area contributed by atoms with Crippen molar-refractivity contribution in [3.8, 4) is 6.07 Å². The molecule has 7 nitrogen and oxygen atoms in total. The van der Waals surface area contributed by atoms with E-state index in [1.165, 1.54) is 24.3 Å². The molecule has 0 spiro atoms. The van der Waals surface area contributed by atoms with Crippen LogP contribution in [-0.4, -0.2) is 67.1 Å². The van der Waals surface area contributed by atoms with Gasteiger partial charge in [0.05, 0.1) is 11.2 Å². The number of benzene rings is 2. The van der Waals surface area contributed by atoms with E-state index in [0.717, 1.165) is 10.9 Å². The van der Waals surface area contributed by atoms with Crippen LogP contribution in [0.2, 0.25) is 0 Å². The number of fused-ring (bicyclic) bond motifs is 1. The first kappa shape index (κ1) is 22.5. The van der Waals surface area contributed by atoms with Gasteiger partial charge in [-0.05, 0) is 44.4 Å². The number of hydrogen-bond acceptors (Lipinski definition) is 5. The summed E-state index contributed by atoms with van der Waals surface area (Å²) < 4.78 is 14.9. The molecule has 8 heteroatoms. The standard InChI is InChI=1S/C25H26FN5O2/c1-28(2)11-16-31-22-6-4-3-5-20(22)23(21(17-27)25(31)33)29-12-14-30(15-13-29)24(32)18-7-9-19(26)10-8-18/h3-10H,11-16H2,1-2H3. The van der Waals surface area contributed by atoms with Crippen LogP contribution < -0.4 is 10.5 Å². The summed E-state index contributed by atoms with van der Waals surface area (Å²) in [5, 5.41) is 10.8. The number of amides is 1. The molecular weight excluding hydrogens is 421 g/mol. The molecule has 1 aliphatic rings. The smallest absolute Gasteiger partial charge is 0.271 e. The second-order valence-corrected chi connectivity index (χ2v) is 8.40. The molecule has 0 N–H and O–H groups in total. The second kappa shape index (κ2) is 9.43. The highest BCUT2D eigenvalue weighted by atomic mass is 19.1. The van der Waals surface area contributed by atoms with Gasteiger partial charge < -0.3 is 19.3 Å². The number of anilines is 1. The lowest BCUT2D eigenvalue weighted by atomic mass is 10.1. The van der Waals surface area contributed by atoms with Gasteiger partial charge in [-0.2, -0.15) is 5.26 Å². The minimum Gasteiger partial charge on any atom is -0.366 e. The van der Waals surface area contributed by atoms with Gasteiger partial charge >= 0.3 is 0 Å². The van der Waals surface area contributed by atoms with E-state index in [0.29, 0.717) is 50.5 Å². The van der Waals surface area contributed by atoms with Gasteiger partial charge in [-0.25, -0.2) is 4.39 Å². The summed E-state index contributed by atoms with van der Waals surface area (Å²) in [6.07, 6.45) is 0. The molecule has 2 heterocycles. The third-order valence-electron chi connectivity index (χ3n) is 6.00. The first-order valence-corrected chi connectivity index (χ1v) is 10.9. The van der Waals surface area contributed by atoms with Crippen LogP contribution in [0.15, 0.2) is 53.3 Å². The van der Waals surface area contributed by atoms with E-state index in [1.54, 1.807) is 9.47 Å². The molecule has 0 aliphatic carbocycles. The normalized spacial score (nSPS) is 14.0. The van der Waals surface area contributed by atoms with Crippen molar-refractivity contribution in [3.05, 3.63) is 75.8 Å². The summed E-state index contributed by atoms with van der Waals surface area (Å²) in [5.74, 6) is -0.535. The molecule has 1 fully saturated rings. The molecule has 1 aromatic heterocycles. The molecule has 4 rings (SSSR count). The molecule has 1 aliphatic heterocycles. The average Bonchev–Trinajstić information content (AvgIpc) is 2.83. The third-order valence-corrected chi connectivity index (χ3v) is 6.00. The van der Waals surface area contributed by atoms with E-state index in [1.807, 2.05) is 48.2 Å². The lowest BCUT2D eigenvalue weighted by Gasteiger charge is -2.37. The van der Waals surface area contributed by atoms with Crippen LogP contribution in [0.5, 0.6) is 0 Å². The summed E-state index contributed by atoms with van der Waals surface area (Å²) in [6, 6.07) is 15.3. The fraction of sp³-hybridized carbons (Fsp3) is 0.320. The molecule has 3 aromatic rings. The van der Waals surface area contributed by atoms with E-state index < -0.39 is 0 Å². The number of pyridine rings is 1.